The van der Waals surface area contributed by atoms with Gasteiger partial charge in [-0.25, -0.2) is 0 Å². The Kier molecular flexibility index (Phi) is 29.3. The summed E-state index contributed by atoms with van der Waals surface area (Å²) in [5.74, 6) is 9.96. The van der Waals surface area contributed by atoms with Gasteiger partial charge in [0.25, 0.3) is 0 Å². The maximum absolute atomic E-state index is 7.50. The molecule has 0 saturated carbocycles. The van der Waals surface area contributed by atoms with Gasteiger partial charge in [-0.3, -0.25) is 0 Å². The van der Waals surface area contributed by atoms with E-state index in [4.69, 9.17) is 14.0 Å². The topological polar surface area (TPSA) is 59.7 Å². The Labute approximate surface area is 432 Å². The molecule has 0 atom stereocenters. The van der Waals surface area contributed by atoms with E-state index in [0.29, 0.717) is 0 Å². The van der Waals surface area contributed by atoms with E-state index in [-0.39, 0.29) is 21.1 Å². The Hall–Kier alpha value is -7.14. The van der Waals surface area contributed by atoms with Crippen molar-refractivity contribution in [3.63, 3.8) is 0 Å². The first-order chi connectivity index (χ1) is 34.3. The molecule has 0 saturated heterocycles. The molecule has 9 aromatic carbocycles. The van der Waals surface area contributed by atoms with Gasteiger partial charge in [0.05, 0.1) is 0 Å². The number of hydrogen-bond donors (Lipinski definition) is 0. The first-order valence-corrected chi connectivity index (χ1v) is 25.3. The molecule has 0 aliphatic carbocycles. The molecule has 70 heavy (non-hydrogen) atoms. The third kappa shape index (κ3) is 20.2. The molecule has 0 heterocycles. The van der Waals surface area contributed by atoms with Gasteiger partial charge in [0.2, 0.25) is 0 Å². The van der Waals surface area contributed by atoms with Crippen LogP contribution in [0.4, 0.5) is 0 Å². The van der Waals surface area contributed by atoms with Crippen molar-refractivity contribution in [1.29, 1.82) is 0 Å². The van der Waals surface area contributed by atoms with Crippen LogP contribution in [0.15, 0.2) is 273 Å². The number of benzene rings is 9. The van der Waals surface area contributed by atoms with Gasteiger partial charge in [-0.1, -0.05) is 271 Å². The largest absolute Gasteiger partial charge is 0 e. The van der Waals surface area contributed by atoms with Gasteiger partial charge in [-0.15, -0.1) is 0 Å². The predicted molar refractivity (Wildman–Crippen MR) is 289 cm³/mol. The van der Waals surface area contributed by atoms with Gasteiger partial charge < -0.3 is 0 Å². The molecule has 9 rings (SSSR count). The zero-order valence-electron chi connectivity index (χ0n) is 38.0. The van der Waals surface area contributed by atoms with Crippen molar-refractivity contribution in [1.82, 2.24) is 0 Å². The normalized spacial score (nSPS) is 9.04. The third-order valence-electron chi connectivity index (χ3n) is 9.34. The van der Waals surface area contributed by atoms with Crippen molar-refractivity contribution < 1.29 is 35.0 Å². The van der Waals surface area contributed by atoms with Crippen LogP contribution >= 0.6 is 23.8 Å². The fourth-order valence-corrected chi connectivity index (χ4v) is 11.4. The maximum atomic E-state index is 7.50. The average molecular weight is 1130 g/mol. The molecule has 0 aliphatic heterocycles. The Morgan fingerprint density at radius 2 is 0.343 bits per heavy atom. The van der Waals surface area contributed by atoms with Gasteiger partial charge in [-0.05, 0) is 68.2 Å². The molecule has 0 unspecified atom stereocenters. The second kappa shape index (κ2) is 35.9. The molecule has 3 nitrogen and oxygen atoms in total. The van der Waals surface area contributed by atoms with Crippen molar-refractivity contribution in [3.05, 3.63) is 310 Å². The maximum Gasteiger partial charge on any atom is 0 e. The smallest absolute Gasteiger partial charge is 0 e. The summed E-state index contributed by atoms with van der Waals surface area (Å²) in [6.07, 6.45) is 0. The molecule has 7 heteroatoms. The van der Waals surface area contributed by atoms with Crippen LogP contribution in [0.25, 0.3) is 0 Å². The molecule has 0 aliphatic rings. The summed E-state index contributed by atoms with van der Waals surface area (Å²) in [6.45, 7) is 13.5. The Morgan fingerprint density at radius 3 is 0.486 bits per heavy atom. The van der Waals surface area contributed by atoms with Crippen LogP contribution in [-0.4, -0.2) is 0 Å². The van der Waals surface area contributed by atoms with Crippen molar-refractivity contribution in [2.24, 2.45) is 0 Å². The first kappa shape index (κ1) is 57.2. The molecule has 0 amide bonds. The van der Waals surface area contributed by atoms with Crippen LogP contribution in [0.3, 0.4) is 0 Å². The molecule has 0 fully saturated rings. The predicted octanol–water partition coefficient (Wildman–Crippen LogP) is 12.3. The van der Waals surface area contributed by atoms with E-state index in [0.717, 1.165) is 16.7 Å². The summed E-state index contributed by atoms with van der Waals surface area (Å²) in [6, 6.07) is 93.8. The monoisotopic (exact) mass is 1130 g/mol. The third-order valence-corrected chi connectivity index (χ3v) is 15.2. The number of hydrogen-bond acceptors (Lipinski definition) is 0. The minimum absolute atomic E-state index is 0. The molecular weight excluding hydrogens is 1080 g/mol. The Morgan fingerprint density at radius 1 is 0.214 bits per heavy atom. The molecule has 0 bridgehead atoms. The molecule has 0 spiro atoms. The van der Waals surface area contributed by atoms with Crippen molar-refractivity contribution in [2.75, 3.05) is 0 Å². The van der Waals surface area contributed by atoms with Gasteiger partial charge >= 0.3 is 33.9 Å². The van der Waals surface area contributed by atoms with Gasteiger partial charge in [-0.2, -0.15) is 0 Å². The SMILES string of the molecule is C(#CP(c1ccccc1)c1ccccc1)c1ccccc1.C(#CP(c1ccccc1)c1ccccc1)c1ccccc1.C(#CP(c1ccccc1)c1ccccc1)c1ccccc1.[C-]#[O+].[C-]#[O+].[C-]#[O+].[W]. The van der Waals surface area contributed by atoms with E-state index >= 15 is 0 Å². The van der Waals surface area contributed by atoms with E-state index in [1.807, 2.05) is 91.0 Å². The number of rotatable bonds is 6. The van der Waals surface area contributed by atoms with E-state index in [9.17, 15) is 0 Å². The Balaban J connectivity index is 0.000000261. The van der Waals surface area contributed by atoms with Crippen molar-refractivity contribution in [3.8, 4) is 34.7 Å². The van der Waals surface area contributed by atoms with Gasteiger partial charge in [0.15, 0.2) is 0 Å². The van der Waals surface area contributed by atoms with E-state index in [2.05, 4.69) is 237 Å². The van der Waals surface area contributed by atoms with Gasteiger partial charge in [0.1, 0.15) is 0 Å². The van der Waals surface area contributed by atoms with Crippen LogP contribution in [0, 0.1) is 54.7 Å². The van der Waals surface area contributed by atoms with E-state index < -0.39 is 23.8 Å². The molecule has 9 aromatic rings. The summed E-state index contributed by atoms with van der Waals surface area (Å²) < 4.78 is 22.5. The molecule has 0 aromatic heterocycles. The summed E-state index contributed by atoms with van der Waals surface area (Å²) in [5, 5.41) is 7.76. The zero-order valence-corrected chi connectivity index (χ0v) is 43.6. The molecule has 336 valence electrons. The van der Waals surface area contributed by atoms with E-state index in [1.54, 1.807) is 0 Å². The fourth-order valence-electron chi connectivity index (χ4n) is 6.22. The first-order valence-electron chi connectivity index (χ1n) is 21.3. The molecular formula is C63H45O3P3W. The summed E-state index contributed by atoms with van der Waals surface area (Å²) in [4.78, 5) is 0. The van der Waals surface area contributed by atoms with Crippen LogP contribution < -0.4 is 31.8 Å². The second-order valence-corrected chi connectivity index (χ2v) is 19.6. The Bertz CT molecular complexity index is 2580. The molecule has 0 radical (unpaired) electrons. The quantitative estimate of drug-likeness (QED) is 0.0690. The van der Waals surface area contributed by atoms with Crippen LogP contribution in [-0.2, 0) is 35.0 Å². The van der Waals surface area contributed by atoms with Crippen molar-refractivity contribution in [2.45, 2.75) is 0 Å². The average Bonchev–Trinajstić information content (AvgIpc) is 3.46. The molecule has 0 N–H and O–H groups in total. The summed E-state index contributed by atoms with van der Waals surface area (Å²) in [7, 11) is -1.91. The minimum atomic E-state index is -0.636. The fraction of sp³-hybridized carbons (Fsp3) is 0. The van der Waals surface area contributed by atoms with Crippen molar-refractivity contribution >= 4 is 55.6 Å². The zero-order chi connectivity index (χ0) is 49.0. The van der Waals surface area contributed by atoms with Crippen LogP contribution in [0.1, 0.15) is 16.7 Å². The van der Waals surface area contributed by atoms with Gasteiger partial charge in [0, 0.05) is 61.5 Å². The standard InChI is InChI=1S/3C20H15P.3CO.W/c3*1-4-10-18(11-5-1)16-17-21(19-12-6-2-7-13-19)20-14-8-3-9-15-20;3*1-2;/h3*1-15H;;;;. The minimum Gasteiger partial charge on any atom is 0 e. The van der Waals surface area contributed by atoms with Crippen LogP contribution in [0.5, 0.6) is 0 Å². The van der Waals surface area contributed by atoms with E-state index in [1.165, 1.54) is 31.8 Å². The second-order valence-electron chi connectivity index (χ2n) is 13.8. The summed E-state index contributed by atoms with van der Waals surface area (Å²) >= 11 is 0. The summed E-state index contributed by atoms with van der Waals surface area (Å²) in [5.41, 5.74) is 13.6. The van der Waals surface area contributed by atoms with Crippen LogP contribution in [0.2, 0.25) is 0 Å².